The molecule has 0 aliphatic heterocycles. The van der Waals surface area contributed by atoms with Crippen LogP contribution in [0.15, 0.2) is 34.9 Å². The van der Waals surface area contributed by atoms with E-state index in [2.05, 4.69) is 26.3 Å². The number of nitrogens with zero attached hydrogens (tertiary/aromatic N) is 2. The zero-order chi connectivity index (χ0) is 15.0. The van der Waals surface area contributed by atoms with Gasteiger partial charge in [-0.15, -0.1) is 0 Å². The summed E-state index contributed by atoms with van der Waals surface area (Å²) in [6.45, 7) is 0.188. The molecule has 0 radical (unpaired) electrons. The molecule has 112 valence electrons. The molecule has 1 aliphatic carbocycles. The molecule has 1 aromatic heterocycles. The van der Waals surface area contributed by atoms with Gasteiger partial charge in [-0.25, -0.2) is 4.68 Å². The molecule has 1 aliphatic rings. The molecule has 1 saturated carbocycles. The number of benzene rings is 1. The van der Waals surface area contributed by atoms with Gasteiger partial charge in [0, 0.05) is 22.6 Å². The van der Waals surface area contributed by atoms with Crippen LogP contribution in [0.4, 0.5) is 13.2 Å². The normalized spacial score (nSPS) is 15.4. The van der Waals surface area contributed by atoms with Gasteiger partial charge in [-0.2, -0.15) is 18.3 Å². The molecule has 0 unspecified atom stereocenters. The summed E-state index contributed by atoms with van der Waals surface area (Å²) in [5, 5.41) is 7.03. The number of halogens is 4. The number of alkyl halides is 3. The van der Waals surface area contributed by atoms with Gasteiger partial charge in [0.15, 0.2) is 5.69 Å². The SMILES string of the molecule is FC(F)(F)c1c(CNC2CC2)cnn1-c1cccc(Br)c1. The summed E-state index contributed by atoms with van der Waals surface area (Å²) < 4.78 is 41.8. The Kier molecular flexibility index (Phi) is 3.79. The molecule has 7 heteroatoms. The van der Waals surface area contributed by atoms with E-state index in [0.29, 0.717) is 16.2 Å². The number of hydrogen-bond acceptors (Lipinski definition) is 2. The number of rotatable bonds is 4. The zero-order valence-electron chi connectivity index (χ0n) is 11.0. The van der Waals surface area contributed by atoms with Crippen LogP contribution in [0.1, 0.15) is 24.1 Å². The van der Waals surface area contributed by atoms with Crippen LogP contribution < -0.4 is 5.32 Å². The zero-order valence-corrected chi connectivity index (χ0v) is 12.6. The summed E-state index contributed by atoms with van der Waals surface area (Å²) in [5.41, 5.74) is -0.155. The lowest BCUT2D eigenvalue weighted by molar-refractivity contribution is -0.143. The second-order valence-electron chi connectivity index (χ2n) is 5.06. The van der Waals surface area contributed by atoms with Crippen LogP contribution in [0.3, 0.4) is 0 Å². The maximum atomic E-state index is 13.4. The molecular weight excluding hydrogens is 347 g/mol. The van der Waals surface area contributed by atoms with E-state index in [0.717, 1.165) is 17.5 Å². The highest BCUT2D eigenvalue weighted by atomic mass is 79.9. The van der Waals surface area contributed by atoms with Crippen LogP contribution in [0, 0.1) is 0 Å². The van der Waals surface area contributed by atoms with Crippen molar-refractivity contribution in [1.29, 1.82) is 0 Å². The van der Waals surface area contributed by atoms with Gasteiger partial charge in [0.2, 0.25) is 0 Å². The number of hydrogen-bond donors (Lipinski definition) is 1. The summed E-state index contributed by atoms with van der Waals surface area (Å²) in [5.74, 6) is 0. The largest absolute Gasteiger partial charge is 0.433 e. The average molecular weight is 360 g/mol. The Labute approximate surface area is 128 Å². The Bertz CT molecular complexity index is 647. The Morgan fingerprint density at radius 2 is 2.10 bits per heavy atom. The Balaban J connectivity index is 1.99. The molecule has 0 spiro atoms. The minimum absolute atomic E-state index is 0.175. The predicted molar refractivity (Wildman–Crippen MR) is 76.1 cm³/mol. The van der Waals surface area contributed by atoms with E-state index in [1.54, 1.807) is 24.3 Å². The highest BCUT2D eigenvalue weighted by Gasteiger charge is 2.38. The number of nitrogens with one attached hydrogen (secondary N) is 1. The molecule has 1 fully saturated rings. The van der Waals surface area contributed by atoms with Crippen LogP contribution in [-0.4, -0.2) is 15.8 Å². The molecule has 3 nitrogen and oxygen atoms in total. The van der Waals surface area contributed by atoms with Crippen molar-refractivity contribution in [3.63, 3.8) is 0 Å². The fraction of sp³-hybridized carbons (Fsp3) is 0.357. The van der Waals surface area contributed by atoms with E-state index in [9.17, 15) is 13.2 Å². The monoisotopic (exact) mass is 359 g/mol. The second-order valence-corrected chi connectivity index (χ2v) is 5.98. The third-order valence-electron chi connectivity index (χ3n) is 3.32. The molecule has 21 heavy (non-hydrogen) atoms. The highest BCUT2D eigenvalue weighted by molar-refractivity contribution is 9.10. The second kappa shape index (κ2) is 5.46. The van der Waals surface area contributed by atoms with Crippen molar-refractivity contribution in [2.75, 3.05) is 0 Å². The first kappa shape index (κ1) is 14.6. The van der Waals surface area contributed by atoms with Crippen molar-refractivity contribution in [1.82, 2.24) is 15.1 Å². The molecule has 1 N–H and O–H groups in total. The minimum atomic E-state index is -4.45. The van der Waals surface area contributed by atoms with Crippen molar-refractivity contribution in [2.45, 2.75) is 31.6 Å². The summed E-state index contributed by atoms with van der Waals surface area (Å²) in [7, 11) is 0. The van der Waals surface area contributed by atoms with Gasteiger partial charge < -0.3 is 5.32 Å². The Hall–Kier alpha value is -1.34. The van der Waals surface area contributed by atoms with Gasteiger partial charge >= 0.3 is 6.18 Å². The van der Waals surface area contributed by atoms with Crippen LogP contribution >= 0.6 is 15.9 Å². The van der Waals surface area contributed by atoms with Crippen molar-refractivity contribution in [2.24, 2.45) is 0 Å². The molecule has 3 rings (SSSR count). The summed E-state index contributed by atoms with van der Waals surface area (Å²) in [4.78, 5) is 0. The van der Waals surface area contributed by atoms with Gasteiger partial charge in [-0.3, -0.25) is 0 Å². The van der Waals surface area contributed by atoms with Crippen molar-refractivity contribution in [3.05, 3.63) is 46.2 Å². The van der Waals surface area contributed by atoms with Crippen molar-refractivity contribution >= 4 is 15.9 Å². The van der Waals surface area contributed by atoms with Gasteiger partial charge in [0.05, 0.1) is 11.9 Å². The first-order valence-electron chi connectivity index (χ1n) is 6.58. The predicted octanol–water partition coefficient (Wildman–Crippen LogP) is 3.91. The highest BCUT2D eigenvalue weighted by Crippen LogP contribution is 2.34. The fourth-order valence-corrected chi connectivity index (χ4v) is 2.55. The van der Waals surface area contributed by atoms with Crippen molar-refractivity contribution in [3.8, 4) is 5.69 Å². The topological polar surface area (TPSA) is 29.9 Å². The maximum Gasteiger partial charge on any atom is 0.433 e. The van der Waals surface area contributed by atoms with Gasteiger partial charge in [0.25, 0.3) is 0 Å². The van der Waals surface area contributed by atoms with E-state index in [-0.39, 0.29) is 12.1 Å². The van der Waals surface area contributed by atoms with E-state index in [4.69, 9.17) is 0 Å². The molecule has 0 amide bonds. The quantitative estimate of drug-likeness (QED) is 0.896. The molecular formula is C14H13BrF3N3. The average Bonchev–Trinajstić information content (AvgIpc) is 3.12. The van der Waals surface area contributed by atoms with Crippen LogP contribution in [0.25, 0.3) is 5.69 Å². The third kappa shape index (κ3) is 3.29. The van der Waals surface area contributed by atoms with Crippen LogP contribution in [0.5, 0.6) is 0 Å². The fourth-order valence-electron chi connectivity index (χ4n) is 2.16. The summed E-state index contributed by atoms with van der Waals surface area (Å²) in [6.07, 6.45) is -1.10. The summed E-state index contributed by atoms with van der Waals surface area (Å²) in [6, 6.07) is 7.00. The van der Waals surface area contributed by atoms with Gasteiger partial charge in [-0.05, 0) is 31.0 Å². The maximum absolute atomic E-state index is 13.4. The third-order valence-corrected chi connectivity index (χ3v) is 3.82. The minimum Gasteiger partial charge on any atom is -0.310 e. The first-order chi connectivity index (χ1) is 9.95. The molecule has 0 saturated heterocycles. The molecule has 0 bridgehead atoms. The van der Waals surface area contributed by atoms with Gasteiger partial charge in [-0.1, -0.05) is 22.0 Å². The summed E-state index contributed by atoms with van der Waals surface area (Å²) >= 11 is 3.26. The molecule has 1 heterocycles. The van der Waals surface area contributed by atoms with E-state index in [1.165, 1.54) is 6.20 Å². The van der Waals surface area contributed by atoms with Crippen LogP contribution in [-0.2, 0) is 12.7 Å². The smallest absolute Gasteiger partial charge is 0.310 e. The van der Waals surface area contributed by atoms with E-state index in [1.807, 2.05) is 0 Å². The van der Waals surface area contributed by atoms with E-state index >= 15 is 0 Å². The van der Waals surface area contributed by atoms with E-state index < -0.39 is 11.9 Å². The van der Waals surface area contributed by atoms with Gasteiger partial charge in [0.1, 0.15) is 0 Å². The molecule has 0 atom stereocenters. The first-order valence-corrected chi connectivity index (χ1v) is 7.38. The lowest BCUT2D eigenvalue weighted by Gasteiger charge is -2.13. The Morgan fingerprint density at radius 1 is 1.33 bits per heavy atom. The number of aromatic nitrogens is 2. The molecule has 1 aromatic carbocycles. The Morgan fingerprint density at radius 3 is 2.71 bits per heavy atom. The molecule has 2 aromatic rings. The standard InChI is InChI=1S/C14H13BrF3N3/c15-10-2-1-3-12(6-10)21-13(14(16,17)18)9(8-20-21)7-19-11-4-5-11/h1-3,6,8,11,19H,4-5,7H2. The lowest BCUT2D eigenvalue weighted by Crippen LogP contribution is -2.20. The van der Waals surface area contributed by atoms with Crippen LogP contribution in [0.2, 0.25) is 0 Å². The van der Waals surface area contributed by atoms with Crippen molar-refractivity contribution < 1.29 is 13.2 Å². The lowest BCUT2D eigenvalue weighted by atomic mass is 10.2.